The molecule has 1 N–H and O–H groups in total. The number of carbonyl (C=O) groups is 1. The number of carbonyl (C=O) groups excluding carboxylic acids is 1. The maximum atomic E-state index is 12.5. The van der Waals surface area contributed by atoms with Crippen LogP contribution in [0.5, 0.6) is 0 Å². The van der Waals surface area contributed by atoms with E-state index >= 15 is 0 Å². The van der Waals surface area contributed by atoms with Gasteiger partial charge in [-0.15, -0.1) is 0 Å². The molecule has 0 radical (unpaired) electrons. The van der Waals surface area contributed by atoms with Gasteiger partial charge in [0.2, 0.25) is 5.95 Å². The highest BCUT2D eigenvalue weighted by molar-refractivity contribution is 5.94. The van der Waals surface area contributed by atoms with Crippen molar-refractivity contribution in [2.24, 2.45) is 0 Å². The van der Waals surface area contributed by atoms with Crippen LogP contribution >= 0.6 is 0 Å². The maximum absolute atomic E-state index is 12.5. The summed E-state index contributed by atoms with van der Waals surface area (Å²) in [7, 11) is 0. The molecule has 1 fully saturated rings. The van der Waals surface area contributed by atoms with Gasteiger partial charge in [-0.3, -0.25) is 4.79 Å². The summed E-state index contributed by atoms with van der Waals surface area (Å²) in [5.41, 5.74) is 3.76. The summed E-state index contributed by atoms with van der Waals surface area (Å²) < 4.78 is 0. The highest BCUT2D eigenvalue weighted by Crippen LogP contribution is 2.22. The predicted molar refractivity (Wildman–Crippen MR) is 109 cm³/mol. The summed E-state index contributed by atoms with van der Waals surface area (Å²) in [5, 5.41) is 2.98. The van der Waals surface area contributed by atoms with Crippen molar-refractivity contribution in [3.8, 4) is 0 Å². The number of anilines is 1. The minimum Gasteiger partial charge on any atom is -0.346 e. The van der Waals surface area contributed by atoms with Crippen LogP contribution in [0.25, 0.3) is 0 Å². The molecular weight excluding hydrogens is 336 g/mol. The summed E-state index contributed by atoms with van der Waals surface area (Å²) in [6.07, 6.45) is 3.65. The Morgan fingerprint density at radius 1 is 1.07 bits per heavy atom. The van der Waals surface area contributed by atoms with Crippen molar-refractivity contribution in [1.82, 2.24) is 15.3 Å². The van der Waals surface area contributed by atoms with E-state index in [0.717, 1.165) is 30.4 Å². The van der Waals surface area contributed by atoms with Gasteiger partial charge in [0, 0.05) is 24.3 Å². The van der Waals surface area contributed by atoms with E-state index in [9.17, 15) is 4.79 Å². The molecule has 5 heteroatoms. The van der Waals surface area contributed by atoms with Gasteiger partial charge in [0.05, 0.1) is 12.2 Å². The molecule has 1 saturated heterocycles. The Hall–Kier alpha value is -2.43. The molecule has 3 rings (SSSR count). The number of nitrogens with one attached hydrogen (secondary N) is 1. The van der Waals surface area contributed by atoms with E-state index in [1.807, 2.05) is 37.3 Å². The van der Waals surface area contributed by atoms with Gasteiger partial charge in [-0.2, -0.15) is 0 Å². The molecule has 0 spiro atoms. The fourth-order valence-electron chi connectivity index (χ4n) is 3.34. The smallest absolute Gasteiger partial charge is 0.251 e. The Balaban J connectivity index is 1.65. The number of piperidine rings is 1. The van der Waals surface area contributed by atoms with Crippen LogP contribution in [0.2, 0.25) is 0 Å². The van der Waals surface area contributed by atoms with E-state index in [0.29, 0.717) is 12.1 Å². The molecule has 1 aromatic heterocycles. The van der Waals surface area contributed by atoms with Crippen molar-refractivity contribution in [3.63, 3.8) is 0 Å². The number of hydrogen-bond donors (Lipinski definition) is 1. The Bertz CT molecular complexity index is 787. The summed E-state index contributed by atoms with van der Waals surface area (Å²) in [4.78, 5) is 24.0. The lowest BCUT2D eigenvalue weighted by Gasteiger charge is -2.27. The molecule has 2 heterocycles. The fourth-order valence-corrected chi connectivity index (χ4v) is 3.34. The van der Waals surface area contributed by atoms with Crippen molar-refractivity contribution in [2.45, 2.75) is 58.9 Å². The molecule has 0 bridgehead atoms. The minimum absolute atomic E-state index is 0.0775. The van der Waals surface area contributed by atoms with Crippen LogP contribution in [0, 0.1) is 6.92 Å². The zero-order chi connectivity index (χ0) is 19.4. The van der Waals surface area contributed by atoms with Gasteiger partial charge in [0.15, 0.2) is 0 Å². The van der Waals surface area contributed by atoms with Gasteiger partial charge < -0.3 is 10.2 Å². The van der Waals surface area contributed by atoms with Crippen molar-refractivity contribution >= 4 is 11.9 Å². The van der Waals surface area contributed by atoms with E-state index in [1.54, 1.807) is 0 Å². The van der Waals surface area contributed by atoms with Gasteiger partial charge in [0.1, 0.15) is 0 Å². The van der Waals surface area contributed by atoms with E-state index in [4.69, 9.17) is 0 Å². The molecule has 1 aliphatic heterocycles. The molecule has 0 saturated carbocycles. The average molecular weight is 367 g/mol. The topological polar surface area (TPSA) is 58.1 Å². The van der Waals surface area contributed by atoms with E-state index in [2.05, 4.69) is 41.0 Å². The molecule has 5 nitrogen and oxygen atoms in total. The van der Waals surface area contributed by atoms with Gasteiger partial charge in [0.25, 0.3) is 5.91 Å². The van der Waals surface area contributed by atoms with Crippen molar-refractivity contribution in [3.05, 3.63) is 52.8 Å². The van der Waals surface area contributed by atoms with E-state index < -0.39 is 0 Å². The first-order valence-corrected chi connectivity index (χ1v) is 9.81. The summed E-state index contributed by atoms with van der Waals surface area (Å²) >= 11 is 0. The van der Waals surface area contributed by atoms with Crippen LogP contribution < -0.4 is 10.2 Å². The number of amides is 1. The van der Waals surface area contributed by atoms with E-state index in [1.165, 1.54) is 24.8 Å². The largest absolute Gasteiger partial charge is 0.346 e. The van der Waals surface area contributed by atoms with Gasteiger partial charge in [-0.1, -0.05) is 32.9 Å². The fraction of sp³-hybridized carbons (Fsp3) is 0.500. The minimum atomic E-state index is -0.0775. The molecule has 1 aromatic carbocycles. The Kier molecular flexibility index (Phi) is 5.78. The number of aromatic nitrogens is 2. The van der Waals surface area contributed by atoms with Gasteiger partial charge in [-0.05, 0) is 55.4 Å². The third-order valence-corrected chi connectivity index (χ3v) is 4.98. The molecule has 1 amide bonds. The number of benzene rings is 1. The number of rotatable bonds is 4. The quantitative estimate of drug-likeness (QED) is 0.888. The highest BCUT2D eigenvalue weighted by atomic mass is 16.1. The second kappa shape index (κ2) is 8.07. The number of aryl methyl sites for hydroxylation is 1. The summed E-state index contributed by atoms with van der Waals surface area (Å²) in [5.74, 6) is 0.708. The molecule has 144 valence electrons. The maximum Gasteiger partial charge on any atom is 0.251 e. The standard InChI is InChI=1S/C22H30N4O/c1-16-14-19(25-21(24-16)26-12-6-5-7-13-26)15-23-20(27)17-8-10-18(11-9-17)22(2,3)4/h8-11,14H,5-7,12-13,15H2,1-4H3,(H,23,27). The van der Waals surface area contributed by atoms with Crippen LogP contribution in [-0.2, 0) is 12.0 Å². The summed E-state index contributed by atoms with van der Waals surface area (Å²) in [6.45, 7) is 10.9. The normalized spacial score (nSPS) is 14.9. The molecular formula is C22H30N4O. The third kappa shape index (κ3) is 5.06. The lowest BCUT2D eigenvalue weighted by atomic mass is 9.87. The highest BCUT2D eigenvalue weighted by Gasteiger charge is 2.16. The molecule has 27 heavy (non-hydrogen) atoms. The van der Waals surface area contributed by atoms with Crippen LogP contribution in [0.3, 0.4) is 0 Å². The predicted octanol–water partition coefficient (Wildman–Crippen LogP) is 4.00. The molecule has 0 unspecified atom stereocenters. The Morgan fingerprint density at radius 2 is 1.74 bits per heavy atom. The molecule has 0 atom stereocenters. The van der Waals surface area contributed by atoms with Crippen LogP contribution in [0.15, 0.2) is 30.3 Å². The second-order valence-electron chi connectivity index (χ2n) is 8.36. The number of hydrogen-bond acceptors (Lipinski definition) is 4. The monoisotopic (exact) mass is 366 g/mol. The Labute approximate surface area is 162 Å². The SMILES string of the molecule is Cc1cc(CNC(=O)c2ccc(C(C)(C)C)cc2)nc(N2CCCCC2)n1. The lowest BCUT2D eigenvalue weighted by Crippen LogP contribution is -2.32. The molecule has 1 aliphatic rings. The van der Waals surface area contributed by atoms with Crippen molar-refractivity contribution in [2.75, 3.05) is 18.0 Å². The van der Waals surface area contributed by atoms with Crippen LogP contribution in [0.4, 0.5) is 5.95 Å². The van der Waals surface area contributed by atoms with Gasteiger partial charge in [-0.25, -0.2) is 9.97 Å². The lowest BCUT2D eigenvalue weighted by molar-refractivity contribution is 0.0950. The zero-order valence-corrected chi connectivity index (χ0v) is 16.9. The van der Waals surface area contributed by atoms with Crippen molar-refractivity contribution in [1.29, 1.82) is 0 Å². The molecule has 0 aliphatic carbocycles. The first kappa shape index (κ1) is 19.3. The molecule has 2 aromatic rings. The number of nitrogens with zero attached hydrogens (tertiary/aromatic N) is 3. The van der Waals surface area contributed by atoms with Crippen LogP contribution in [-0.4, -0.2) is 29.0 Å². The average Bonchev–Trinajstić information content (AvgIpc) is 2.66. The second-order valence-corrected chi connectivity index (χ2v) is 8.36. The summed E-state index contributed by atoms with van der Waals surface area (Å²) in [6, 6.07) is 9.77. The van der Waals surface area contributed by atoms with Crippen molar-refractivity contribution < 1.29 is 4.79 Å². The third-order valence-electron chi connectivity index (χ3n) is 4.98. The Morgan fingerprint density at radius 3 is 2.37 bits per heavy atom. The first-order valence-electron chi connectivity index (χ1n) is 9.81. The van der Waals surface area contributed by atoms with Gasteiger partial charge >= 0.3 is 0 Å². The zero-order valence-electron chi connectivity index (χ0n) is 16.9. The van der Waals surface area contributed by atoms with Crippen LogP contribution in [0.1, 0.15) is 67.3 Å². The van der Waals surface area contributed by atoms with E-state index in [-0.39, 0.29) is 11.3 Å². The first-order chi connectivity index (χ1) is 12.8.